The lowest BCUT2D eigenvalue weighted by atomic mass is 9.91. The van der Waals surface area contributed by atoms with Gasteiger partial charge in [0, 0.05) is 24.3 Å². The Balaban J connectivity index is 1.70. The van der Waals surface area contributed by atoms with Crippen LogP contribution < -0.4 is 0 Å². The molecule has 0 aromatic heterocycles. The normalized spacial score (nSPS) is 40.6. The van der Waals surface area contributed by atoms with E-state index in [0.29, 0.717) is 29.7 Å². The molecule has 2 bridgehead atoms. The number of nitrogens with zero attached hydrogens (tertiary/aromatic N) is 1. The van der Waals surface area contributed by atoms with E-state index in [1.54, 1.807) is 0 Å². The van der Waals surface area contributed by atoms with E-state index in [1.807, 2.05) is 11.8 Å². The van der Waals surface area contributed by atoms with Gasteiger partial charge in [-0.15, -0.1) is 0 Å². The Labute approximate surface area is 108 Å². The van der Waals surface area contributed by atoms with Crippen LogP contribution in [0, 0.1) is 17.8 Å². The van der Waals surface area contributed by atoms with Crippen LogP contribution in [0.4, 0.5) is 0 Å². The molecule has 0 unspecified atom stereocenters. The largest absolute Gasteiger partial charge is 0.339 e. The van der Waals surface area contributed by atoms with Crippen LogP contribution in [0.25, 0.3) is 0 Å². The minimum Gasteiger partial charge on any atom is -0.339 e. The second kappa shape index (κ2) is 4.68. The molecule has 2 aliphatic carbocycles. The van der Waals surface area contributed by atoms with E-state index in [1.165, 1.54) is 12.2 Å². The number of carbonyl (C=O) groups is 1. The third-order valence-corrected chi connectivity index (χ3v) is 5.56. The summed E-state index contributed by atoms with van der Waals surface area (Å²) in [6, 6.07) is 0.445. The van der Waals surface area contributed by atoms with Crippen LogP contribution in [0.1, 0.15) is 26.2 Å². The Bertz CT molecular complexity index is 341. The molecule has 94 valence electrons. The van der Waals surface area contributed by atoms with Crippen molar-refractivity contribution in [1.29, 1.82) is 0 Å². The van der Waals surface area contributed by atoms with Crippen LogP contribution in [-0.4, -0.2) is 34.9 Å². The first-order valence-corrected chi connectivity index (χ1v) is 7.97. The molecule has 1 heterocycles. The second-order valence-corrected chi connectivity index (χ2v) is 6.89. The van der Waals surface area contributed by atoms with Gasteiger partial charge in [0.2, 0.25) is 5.91 Å². The number of fused-ring (bicyclic) bond motifs is 2. The average molecular weight is 251 g/mol. The number of thioether (sulfide) groups is 1. The van der Waals surface area contributed by atoms with Crippen LogP contribution in [0.5, 0.6) is 0 Å². The van der Waals surface area contributed by atoms with E-state index in [-0.39, 0.29) is 0 Å². The summed E-state index contributed by atoms with van der Waals surface area (Å²) in [5, 5.41) is 0. The molecule has 0 aromatic carbocycles. The lowest BCUT2D eigenvalue weighted by molar-refractivity contribution is -0.138. The van der Waals surface area contributed by atoms with Crippen molar-refractivity contribution in [3.8, 4) is 0 Å². The van der Waals surface area contributed by atoms with Crippen LogP contribution in [-0.2, 0) is 4.79 Å². The van der Waals surface area contributed by atoms with E-state index < -0.39 is 0 Å². The number of allylic oxidation sites excluding steroid dienone is 2. The van der Waals surface area contributed by atoms with Crippen LogP contribution in [0.2, 0.25) is 0 Å². The number of carbonyl (C=O) groups excluding carboxylic acids is 1. The molecule has 1 saturated carbocycles. The molecular weight excluding hydrogens is 230 g/mol. The summed E-state index contributed by atoms with van der Waals surface area (Å²) in [4.78, 5) is 14.8. The lowest BCUT2D eigenvalue weighted by Gasteiger charge is -2.31. The predicted molar refractivity (Wildman–Crippen MR) is 72.0 cm³/mol. The first-order valence-electron chi connectivity index (χ1n) is 6.82. The molecule has 1 aliphatic heterocycles. The number of hydrogen-bond acceptors (Lipinski definition) is 2. The minimum absolute atomic E-state index is 0.301. The van der Waals surface area contributed by atoms with E-state index in [0.717, 1.165) is 25.1 Å². The van der Waals surface area contributed by atoms with Crippen molar-refractivity contribution in [1.82, 2.24) is 4.90 Å². The molecule has 2 nitrogen and oxygen atoms in total. The minimum atomic E-state index is 0.301. The Morgan fingerprint density at radius 2 is 2.18 bits per heavy atom. The maximum atomic E-state index is 12.6. The summed E-state index contributed by atoms with van der Waals surface area (Å²) in [6.45, 7) is 3.18. The van der Waals surface area contributed by atoms with Crippen molar-refractivity contribution < 1.29 is 4.79 Å². The van der Waals surface area contributed by atoms with Crippen molar-refractivity contribution in [2.45, 2.75) is 32.2 Å². The van der Waals surface area contributed by atoms with Crippen LogP contribution in [0.15, 0.2) is 12.2 Å². The fourth-order valence-electron chi connectivity index (χ4n) is 3.50. The summed E-state index contributed by atoms with van der Waals surface area (Å²) >= 11 is 1.99. The Morgan fingerprint density at radius 3 is 2.88 bits per heavy atom. The second-order valence-electron chi connectivity index (χ2n) is 5.67. The van der Waals surface area contributed by atoms with Gasteiger partial charge in [-0.05, 0) is 43.8 Å². The molecule has 0 radical (unpaired) electrons. The molecular formula is C14H21NOS. The van der Waals surface area contributed by atoms with E-state index in [2.05, 4.69) is 24.0 Å². The van der Waals surface area contributed by atoms with E-state index in [4.69, 9.17) is 0 Å². The summed E-state index contributed by atoms with van der Waals surface area (Å²) in [5.41, 5.74) is 0. The van der Waals surface area contributed by atoms with Gasteiger partial charge in [-0.1, -0.05) is 12.2 Å². The fraction of sp³-hybridized carbons (Fsp3) is 0.786. The summed E-state index contributed by atoms with van der Waals surface area (Å²) < 4.78 is 0. The Morgan fingerprint density at radius 1 is 1.29 bits per heavy atom. The number of rotatable bonds is 1. The molecule has 1 amide bonds. The smallest absolute Gasteiger partial charge is 0.226 e. The van der Waals surface area contributed by atoms with Gasteiger partial charge in [0.25, 0.3) is 0 Å². The lowest BCUT2D eigenvalue weighted by Crippen LogP contribution is -2.43. The van der Waals surface area contributed by atoms with Gasteiger partial charge in [0.05, 0.1) is 0 Å². The summed E-state index contributed by atoms with van der Waals surface area (Å²) in [6.07, 6.45) is 8.10. The molecule has 3 rings (SSSR count). The van der Waals surface area contributed by atoms with Crippen molar-refractivity contribution in [3.63, 3.8) is 0 Å². The highest BCUT2D eigenvalue weighted by atomic mass is 32.2. The highest BCUT2D eigenvalue weighted by Gasteiger charge is 2.42. The van der Waals surface area contributed by atoms with Crippen LogP contribution >= 0.6 is 11.8 Å². The molecule has 0 N–H and O–H groups in total. The average Bonchev–Trinajstić information content (AvgIpc) is 2.89. The van der Waals surface area contributed by atoms with Gasteiger partial charge in [0.1, 0.15) is 0 Å². The van der Waals surface area contributed by atoms with Crippen LogP contribution in [0.3, 0.4) is 0 Å². The van der Waals surface area contributed by atoms with Gasteiger partial charge in [-0.25, -0.2) is 0 Å². The highest BCUT2D eigenvalue weighted by molar-refractivity contribution is 7.99. The summed E-state index contributed by atoms with van der Waals surface area (Å²) in [7, 11) is 0. The molecule has 0 spiro atoms. The predicted octanol–water partition coefficient (Wildman–Crippen LogP) is 2.55. The molecule has 0 aromatic rings. The Hall–Kier alpha value is -0.440. The quantitative estimate of drug-likeness (QED) is 0.668. The summed E-state index contributed by atoms with van der Waals surface area (Å²) in [5.74, 6) is 4.32. The van der Waals surface area contributed by atoms with Crippen molar-refractivity contribution in [2.75, 3.05) is 18.1 Å². The number of hydrogen-bond donors (Lipinski definition) is 0. The van der Waals surface area contributed by atoms with E-state index in [9.17, 15) is 4.79 Å². The monoisotopic (exact) mass is 251 g/mol. The molecule has 4 atom stereocenters. The van der Waals surface area contributed by atoms with Crippen molar-refractivity contribution in [3.05, 3.63) is 12.2 Å². The van der Waals surface area contributed by atoms with Crippen molar-refractivity contribution in [2.24, 2.45) is 17.8 Å². The zero-order valence-electron chi connectivity index (χ0n) is 10.5. The molecule has 1 saturated heterocycles. The maximum absolute atomic E-state index is 12.6. The van der Waals surface area contributed by atoms with Gasteiger partial charge < -0.3 is 4.90 Å². The molecule has 2 fully saturated rings. The van der Waals surface area contributed by atoms with Gasteiger partial charge >= 0.3 is 0 Å². The Kier molecular flexibility index (Phi) is 3.20. The zero-order valence-corrected chi connectivity index (χ0v) is 11.3. The highest BCUT2D eigenvalue weighted by Crippen LogP contribution is 2.44. The van der Waals surface area contributed by atoms with Crippen molar-refractivity contribution >= 4 is 17.7 Å². The maximum Gasteiger partial charge on any atom is 0.226 e. The fourth-order valence-corrected chi connectivity index (χ4v) is 4.54. The van der Waals surface area contributed by atoms with Gasteiger partial charge in [-0.3, -0.25) is 4.79 Å². The first kappa shape index (κ1) is 11.6. The molecule has 3 aliphatic rings. The van der Waals surface area contributed by atoms with E-state index >= 15 is 0 Å². The molecule has 3 heteroatoms. The SMILES string of the molecule is C[C@H]1CCSCCN1C(=O)[C@H]1C[C@H]2C=C[C@H]1C2. The van der Waals surface area contributed by atoms with Gasteiger partial charge in [0.15, 0.2) is 0 Å². The number of amides is 1. The topological polar surface area (TPSA) is 20.3 Å². The zero-order chi connectivity index (χ0) is 11.8. The third-order valence-electron chi connectivity index (χ3n) is 4.57. The standard InChI is InChI=1S/C14H21NOS/c1-10-4-6-17-7-5-15(10)14(16)13-9-11-2-3-12(13)8-11/h2-3,10-13H,4-9H2,1H3/t10-,11-,12-,13-/m0/s1. The first-order chi connectivity index (χ1) is 8.25. The third kappa shape index (κ3) is 2.14. The van der Waals surface area contributed by atoms with Gasteiger partial charge in [-0.2, -0.15) is 11.8 Å². The molecule has 17 heavy (non-hydrogen) atoms.